The van der Waals surface area contributed by atoms with Gasteiger partial charge in [0, 0.05) is 4.88 Å². The molecule has 5 heteroatoms. The number of carbonyl (C=O) groups excluding carboxylic acids is 2. The Kier molecular flexibility index (Phi) is 5.26. The number of hydrogen-bond donors (Lipinski definition) is 1. The van der Waals surface area contributed by atoms with Crippen LogP contribution in [0.15, 0.2) is 60.7 Å². The predicted molar refractivity (Wildman–Crippen MR) is 111 cm³/mol. The van der Waals surface area contributed by atoms with Crippen molar-refractivity contribution in [1.82, 2.24) is 0 Å². The lowest BCUT2D eigenvalue weighted by atomic mass is 9.90. The van der Waals surface area contributed by atoms with Crippen LogP contribution in [0.1, 0.15) is 44.3 Å². The molecule has 1 aromatic heterocycles. The molecule has 0 unspecified atom stereocenters. The highest BCUT2D eigenvalue weighted by Gasteiger charge is 2.30. The molecule has 0 atom stereocenters. The van der Waals surface area contributed by atoms with E-state index in [-0.39, 0.29) is 11.9 Å². The summed E-state index contributed by atoms with van der Waals surface area (Å²) in [5.74, 6) is -0.988. The summed E-state index contributed by atoms with van der Waals surface area (Å²) in [6, 6.07) is 19.4. The van der Waals surface area contributed by atoms with Crippen molar-refractivity contribution in [2.24, 2.45) is 0 Å². The first-order valence-electron chi connectivity index (χ1n) is 9.32. The zero-order valence-corrected chi connectivity index (χ0v) is 16.4. The van der Waals surface area contributed by atoms with Gasteiger partial charge in [0.15, 0.2) is 0 Å². The maximum Gasteiger partial charge on any atom is 0.341 e. The average Bonchev–Trinajstić information content (AvgIpc) is 3.30. The van der Waals surface area contributed by atoms with Gasteiger partial charge in [0.25, 0.3) is 0 Å². The summed E-state index contributed by atoms with van der Waals surface area (Å²) in [7, 11) is 1.38. The fraction of sp³-hybridized carbons (Fsp3) is 0.217. The van der Waals surface area contributed by atoms with Crippen molar-refractivity contribution in [1.29, 1.82) is 0 Å². The number of amides is 1. The van der Waals surface area contributed by atoms with E-state index in [2.05, 4.69) is 5.32 Å². The van der Waals surface area contributed by atoms with E-state index in [4.69, 9.17) is 4.74 Å². The lowest BCUT2D eigenvalue weighted by Gasteiger charge is -2.18. The normalized spacial score (nSPS) is 12.6. The van der Waals surface area contributed by atoms with Crippen LogP contribution in [0.3, 0.4) is 0 Å². The highest BCUT2D eigenvalue weighted by Crippen LogP contribution is 2.40. The maximum atomic E-state index is 13.3. The Labute approximate surface area is 168 Å². The summed E-state index contributed by atoms with van der Waals surface area (Å²) in [5.41, 5.74) is 3.38. The number of anilines is 1. The van der Waals surface area contributed by atoms with Crippen LogP contribution in [0.2, 0.25) is 0 Å². The molecule has 4 rings (SSSR count). The Morgan fingerprint density at radius 2 is 1.57 bits per heavy atom. The van der Waals surface area contributed by atoms with Gasteiger partial charge < -0.3 is 10.1 Å². The molecule has 142 valence electrons. The molecule has 4 nitrogen and oxygen atoms in total. The second kappa shape index (κ2) is 7.98. The topological polar surface area (TPSA) is 55.4 Å². The van der Waals surface area contributed by atoms with Crippen molar-refractivity contribution < 1.29 is 14.3 Å². The van der Waals surface area contributed by atoms with Gasteiger partial charge in [-0.1, -0.05) is 60.7 Å². The third-order valence-corrected chi connectivity index (χ3v) is 6.28. The fourth-order valence-electron chi connectivity index (χ4n) is 3.78. The van der Waals surface area contributed by atoms with E-state index in [1.165, 1.54) is 23.3 Å². The van der Waals surface area contributed by atoms with Crippen LogP contribution >= 0.6 is 11.3 Å². The molecular formula is C23H21NO3S. The lowest BCUT2D eigenvalue weighted by molar-refractivity contribution is -0.116. The summed E-state index contributed by atoms with van der Waals surface area (Å²) in [5, 5.41) is 3.63. The SMILES string of the molecule is COC(=O)c1c(NC(=O)C(c2ccccc2)c2ccccc2)sc2c1CCC2. The average molecular weight is 391 g/mol. The van der Waals surface area contributed by atoms with E-state index in [1.807, 2.05) is 60.7 Å². The number of aryl methyl sites for hydroxylation is 1. The van der Waals surface area contributed by atoms with Crippen LogP contribution in [0, 0.1) is 0 Å². The van der Waals surface area contributed by atoms with Gasteiger partial charge in [-0.15, -0.1) is 11.3 Å². The van der Waals surface area contributed by atoms with Gasteiger partial charge in [-0.3, -0.25) is 4.79 Å². The molecule has 0 aliphatic heterocycles. The van der Waals surface area contributed by atoms with Crippen molar-refractivity contribution in [3.05, 3.63) is 87.8 Å². The summed E-state index contributed by atoms with van der Waals surface area (Å²) < 4.78 is 4.99. The molecule has 0 fully saturated rings. The molecule has 0 spiro atoms. The smallest absolute Gasteiger partial charge is 0.341 e. The monoisotopic (exact) mass is 391 g/mol. The minimum atomic E-state index is -0.454. The van der Waals surface area contributed by atoms with E-state index in [1.54, 1.807) is 0 Å². The Morgan fingerprint density at radius 3 is 2.14 bits per heavy atom. The molecule has 28 heavy (non-hydrogen) atoms. The van der Waals surface area contributed by atoms with E-state index in [9.17, 15) is 9.59 Å². The molecule has 0 bridgehead atoms. The second-order valence-corrected chi connectivity index (χ2v) is 7.90. The molecule has 0 saturated heterocycles. The standard InChI is InChI=1S/C23H21NO3S/c1-27-23(26)20-17-13-8-14-18(17)28-22(20)24-21(25)19(15-9-4-2-5-10-15)16-11-6-3-7-12-16/h2-7,9-12,19H,8,13-14H2,1H3,(H,24,25). The number of hydrogen-bond acceptors (Lipinski definition) is 4. The zero-order chi connectivity index (χ0) is 19.5. The third-order valence-electron chi connectivity index (χ3n) is 5.08. The Morgan fingerprint density at radius 1 is 0.964 bits per heavy atom. The molecule has 1 heterocycles. The first kappa shape index (κ1) is 18.4. The van der Waals surface area contributed by atoms with Crippen molar-refractivity contribution in [2.45, 2.75) is 25.2 Å². The molecule has 1 N–H and O–H groups in total. The van der Waals surface area contributed by atoms with E-state index in [0.717, 1.165) is 36.0 Å². The Hall–Kier alpha value is -2.92. The Bertz CT molecular complexity index is 956. The fourth-order valence-corrected chi connectivity index (χ4v) is 5.06. The van der Waals surface area contributed by atoms with Crippen LogP contribution in [-0.4, -0.2) is 19.0 Å². The van der Waals surface area contributed by atoms with Gasteiger partial charge in [0.2, 0.25) is 5.91 Å². The summed E-state index contributed by atoms with van der Waals surface area (Å²) in [6.45, 7) is 0. The van der Waals surface area contributed by atoms with Gasteiger partial charge in [-0.2, -0.15) is 0 Å². The number of fused-ring (bicyclic) bond motifs is 1. The van der Waals surface area contributed by atoms with Crippen LogP contribution in [0.5, 0.6) is 0 Å². The second-order valence-electron chi connectivity index (χ2n) is 6.80. The van der Waals surface area contributed by atoms with Crippen molar-refractivity contribution in [3.63, 3.8) is 0 Å². The highest BCUT2D eigenvalue weighted by atomic mass is 32.1. The molecule has 0 radical (unpaired) electrons. The quantitative estimate of drug-likeness (QED) is 0.636. The van der Waals surface area contributed by atoms with Gasteiger partial charge >= 0.3 is 5.97 Å². The minimum Gasteiger partial charge on any atom is -0.465 e. The van der Waals surface area contributed by atoms with E-state index in [0.29, 0.717) is 10.6 Å². The number of rotatable bonds is 5. The third kappa shape index (κ3) is 3.45. The van der Waals surface area contributed by atoms with Crippen LogP contribution in [-0.2, 0) is 22.4 Å². The Balaban J connectivity index is 1.71. The first-order valence-corrected chi connectivity index (χ1v) is 10.1. The molecular weight excluding hydrogens is 370 g/mol. The first-order chi connectivity index (χ1) is 13.7. The summed E-state index contributed by atoms with van der Waals surface area (Å²) >= 11 is 1.50. The van der Waals surface area contributed by atoms with Crippen LogP contribution < -0.4 is 5.32 Å². The van der Waals surface area contributed by atoms with Crippen molar-refractivity contribution in [3.8, 4) is 0 Å². The van der Waals surface area contributed by atoms with Gasteiger partial charge in [0.05, 0.1) is 18.6 Å². The number of ether oxygens (including phenoxy) is 1. The van der Waals surface area contributed by atoms with Gasteiger partial charge in [0.1, 0.15) is 5.00 Å². The molecule has 3 aromatic rings. The van der Waals surface area contributed by atoms with Gasteiger partial charge in [-0.25, -0.2) is 4.79 Å². The largest absolute Gasteiger partial charge is 0.465 e. The van der Waals surface area contributed by atoms with E-state index < -0.39 is 5.92 Å². The number of nitrogens with one attached hydrogen (secondary N) is 1. The molecule has 0 saturated carbocycles. The maximum absolute atomic E-state index is 13.3. The number of esters is 1. The number of benzene rings is 2. The predicted octanol–water partition coefficient (Wildman–Crippen LogP) is 4.79. The summed E-state index contributed by atoms with van der Waals surface area (Å²) in [6.07, 6.45) is 2.84. The summed E-state index contributed by atoms with van der Waals surface area (Å²) in [4.78, 5) is 26.9. The highest BCUT2D eigenvalue weighted by molar-refractivity contribution is 7.17. The van der Waals surface area contributed by atoms with Crippen molar-refractivity contribution in [2.75, 3.05) is 12.4 Å². The van der Waals surface area contributed by atoms with Crippen molar-refractivity contribution >= 4 is 28.2 Å². The minimum absolute atomic E-state index is 0.150. The molecule has 2 aromatic carbocycles. The molecule has 1 aliphatic carbocycles. The van der Waals surface area contributed by atoms with Crippen LogP contribution in [0.4, 0.5) is 5.00 Å². The van der Waals surface area contributed by atoms with Crippen LogP contribution in [0.25, 0.3) is 0 Å². The lowest BCUT2D eigenvalue weighted by Crippen LogP contribution is -2.23. The zero-order valence-electron chi connectivity index (χ0n) is 15.6. The number of methoxy groups -OCH3 is 1. The molecule has 1 aliphatic rings. The molecule has 1 amide bonds. The number of thiophene rings is 1. The van der Waals surface area contributed by atoms with E-state index >= 15 is 0 Å². The number of carbonyl (C=O) groups is 2. The van der Waals surface area contributed by atoms with Gasteiger partial charge in [-0.05, 0) is 36.0 Å².